The quantitative estimate of drug-likeness (QED) is 0.658. The number of amides is 1. The van der Waals surface area contributed by atoms with Gasteiger partial charge in [-0.05, 0) is 74.2 Å². The third-order valence-corrected chi connectivity index (χ3v) is 4.82. The molecule has 0 radical (unpaired) electrons. The van der Waals surface area contributed by atoms with Gasteiger partial charge in [0.15, 0.2) is 0 Å². The minimum absolute atomic E-state index is 0.206. The topological polar surface area (TPSA) is 41.6 Å². The van der Waals surface area contributed by atoms with Crippen LogP contribution in [0.15, 0.2) is 27.1 Å². The zero-order chi connectivity index (χ0) is 17.0. The molecule has 1 fully saturated rings. The molecule has 2 rings (SSSR count). The van der Waals surface area contributed by atoms with Crippen molar-refractivity contribution in [1.29, 1.82) is 0 Å². The molecule has 0 aromatic heterocycles. The molecular formula is C17H24Br2N2O2. The Morgan fingerprint density at radius 1 is 1.26 bits per heavy atom. The van der Waals surface area contributed by atoms with Crippen molar-refractivity contribution in [1.82, 2.24) is 4.90 Å². The molecule has 1 N–H and O–H groups in total. The third-order valence-electron chi connectivity index (χ3n) is 3.67. The van der Waals surface area contributed by atoms with Crippen LogP contribution in [-0.4, -0.2) is 35.7 Å². The van der Waals surface area contributed by atoms with Crippen LogP contribution in [0.1, 0.15) is 40.0 Å². The van der Waals surface area contributed by atoms with E-state index in [9.17, 15) is 4.79 Å². The molecule has 1 aromatic rings. The molecule has 1 saturated heterocycles. The molecule has 1 unspecified atom stereocenters. The second-order valence-electron chi connectivity index (χ2n) is 6.86. The number of ether oxygens (including phenoxy) is 1. The van der Waals surface area contributed by atoms with Gasteiger partial charge in [-0.25, -0.2) is 4.79 Å². The number of hydrogen-bond donors (Lipinski definition) is 1. The Kier molecular flexibility index (Phi) is 6.37. The summed E-state index contributed by atoms with van der Waals surface area (Å²) >= 11 is 7.05. The minimum Gasteiger partial charge on any atom is -0.444 e. The van der Waals surface area contributed by atoms with Crippen molar-refractivity contribution in [3.63, 3.8) is 0 Å². The van der Waals surface area contributed by atoms with Gasteiger partial charge in [0.05, 0.1) is 0 Å². The number of nitrogens with zero attached hydrogens (tertiary/aromatic N) is 1. The lowest BCUT2D eigenvalue weighted by molar-refractivity contribution is 0.0256. The zero-order valence-corrected chi connectivity index (χ0v) is 17.0. The summed E-state index contributed by atoms with van der Waals surface area (Å²) in [6, 6.07) is 6.48. The van der Waals surface area contributed by atoms with Crippen LogP contribution in [0.25, 0.3) is 0 Å². The Hall–Kier alpha value is -0.750. The highest BCUT2D eigenvalue weighted by molar-refractivity contribution is 9.11. The van der Waals surface area contributed by atoms with Crippen molar-refractivity contribution in [2.75, 3.05) is 18.4 Å². The van der Waals surface area contributed by atoms with Gasteiger partial charge in [0.25, 0.3) is 0 Å². The van der Waals surface area contributed by atoms with E-state index in [4.69, 9.17) is 4.74 Å². The first-order chi connectivity index (χ1) is 10.7. The Morgan fingerprint density at radius 3 is 2.65 bits per heavy atom. The largest absolute Gasteiger partial charge is 0.444 e. The van der Waals surface area contributed by atoms with E-state index in [-0.39, 0.29) is 6.09 Å². The van der Waals surface area contributed by atoms with Crippen LogP contribution in [0.4, 0.5) is 10.5 Å². The van der Waals surface area contributed by atoms with Gasteiger partial charge in [-0.1, -0.05) is 15.9 Å². The highest BCUT2D eigenvalue weighted by Gasteiger charge is 2.25. The average molecular weight is 448 g/mol. The average Bonchev–Trinajstić information content (AvgIpc) is 2.66. The molecule has 1 aliphatic rings. The van der Waals surface area contributed by atoms with Crippen LogP contribution in [0.3, 0.4) is 0 Å². The lowest BCUT2D eigenvalue weighted by Crippen LogP contribution is -2.37. The number of nitrogens with one attached hydrogen (secondary N) is 1. The molecule has 0 aliphatic carbocycles. The summed E-state index contributed by atoms with van der Waals surface area (Å²) in [5, 5.41) is 3.58. The van der Waals surface area contributed by atoms with E-state index >= 15 is 0 Å². The summed E-state index contributed by atoms with van der Waals surface area (Å²) in [4.78, 5) is 14.0. The number of hydrogen-bond acceptors (Lipinski definition) is 3. The fourth-order valence-corrected chi connectivity index (χ4v) is 3.74. The monoisotopic (exact) mass is 446 g/mol. The predicted molar refractivity (Wildman–Crippen MR) is 101 cm³/mol. The Morgan fingerprint density at radius 2 is 2.00 bits per heavy atom. The van der Waals surface area contributed by atoms with Crippen LogP contribution in [-0.2, 0) is 4.74 Å². The normalized spacial score (nSPS) is 19.2. The van der Waals surface area contributed by atoms with E-state index < -0.39 is 5.60 Å². The molecule has 0 spiro atoms. The van der Waals surface area contributed by atoms with Crippen molar-refractivity contribution >= 4 is 43.6 Å². The van der Waals surface area contributed by atoms with Crippen molar-refractivity contribution < 1.29 is 9.53 Å². The first kappa shape index (κ1) is 18.6. The first-order valence-corrected chi connectivity index (χ1v) is 9.53. The van der Waals surface area contributed by atoms with Crippen LogP contribution >= 0.6 is 31.9 Å². The molecule has 128 valence electrons. The molecule has 0 bridgehead atoms. The Bertz CT molecular complexity index is 558. The summed E-state index contributed by atoms with van der Waals surface area (Å²) in [5.41, 5.74) is 0.646. The van der Waals surface area contributed by atoms with E-state index in [1.54, 1.807) is 0 Å². The van der Waals surface area contributed by atoms with Crippen molar-refractivity contribution in [3.05, 3.63) is 27.1 Å². The molecule has 4 nitrogen and oxygen atoms in total. The maximum absolute atomic E-state index is 12.2. The van der Waals surface area contributed by atoms with Gasteiger partial charge < -0.3 is 15.0 Å². The van der Waals surface area contributed by atoms with E-state index in [2.05, 4.69) is 43.2 Å². The lowest BCUT2D eigenvalue weighted by atomic mass is 10.1. The van der Waals surface area contributed by atoms with Gasteiger partial charge >= 0.3 is 6.09 Å². The van der Waals surface area contributed by atoms with Gasteiger partial charge in [-0.3, -0.25) is 0 Å². The second-order valence-corrected chi connectivity index (χ2v) is 8.63. The van der Waals surface area contributed by atoms with Gasteiger partial charge in [-0.15, -0.1) is 0 Å². The van der Waals surface area contributed by atoms with Crippen LogP contribution in [0.5, 0.6) is 0 Å². The molecule has 1 amide bonds. The van der Waals surface area contributed by atoms with Gasteiger partial charge in [0, 0.05) is 33.8 Å². The number of likely N-dealkylation sites (tertiary alicyclic amines) is 1. The zero-order valence-electron chi connectivity index (χ0n) is 13.9. The number of halogens is 2. The molecule has 23 heavy (non-hydrogen) atoms. The number of anilines is 1. The minimum atomic E-state index is -0.441. The lowest BCUT2D eigenvalue weighted by Gasteiger charge is -2.26. The molecule has 1 aliphatic heterocycles. The molecular weight excluding hydrogens is 424 g/mol. The first-order valence-electron chi connectivity index (χ1n) is 7.94. The number of benzene rings is 1. The third kappa shape index (κ3) is 5.99. The van der Waals surface area contributed by atoms with Crippen molar-refractivity contribution in [3.8, 4) is 0 Å². The Labute approximate surface area is 155 Å². The number of carbonyl (C=O) groups is 1. The highest BCUT2D eigenvalue weighted by atomic mass is 79.9. The predicted octanol–water partition coefficient (Wildman–Crippen LogP) is 5.41. The van der Waals surface area contributed by atoms with E-state index in [1.807, 2.05) is 37.8 Å². The van der Waals surface area contributed by atoms with Gasteiger partial charge in [0.2, 0.25) is 0 Å². The van der Waals surface area contributed by atoms with Crippen LogP contribution < -0.4 is 5.32 Å². The maximum Gasteiger partial charge on any atom is 0.410 e. The maximum atomic E-state index is 12.2. The molecule has 6 heteroatoms. The SMILES string of the molecule is CC(C)(C)OC(=O)N1CCCC(Nc2ccc(Br)cc2Br)CC1. The van der Waals surface area contributed by atoms with E-state index in [0.717, 1.165) is 47.0 Å². The fourth-order valence-electron chi connectivity index (χ4n) is 2.58. The summed E-state index contributed by atoms with van der Waals surface area (Å²) in [7, 11) is 0. The summed E-state index contributed by atoms with van der Waals surface area (Å²) in [6.07, 6.45) is 2.73. The molecule has 1 atom stereocenters. The van der Waals surface area contributed by atoms with E-state index in [0.29, 0.717) is 6.04 Å². The summed E-state index contributed by atoms with van der Waals surface area (Å²) < 4.78 is 7.56. The van der Waals surface area contributed by atoms with Crippen molar-refractivity contribution in [2.24, 2.45) is 0 Å². The fraction of sp³-hybridized carbons (Fsp3) is 0.588. The van der Waals surface area contributed by atoms with Crippen LogP contribution in [0.2, 0.25) is 0 Å². The smallest absolute Gasteiger partial charge is 0.410 e. The number of rotatable bonds is 2. The second kappa shape index (κ2) is 7.88. The van der Waals surface area contributed by atoms with Gasteiger partial charge in [0.1, 0.15) is 5.60 Å². The Balaban J connectivity index is 1.92. The molecule has 1 aromatic carbocycles. The molecule has 1 heterocycles. The summed E-state index contributed by atoms with van der Waals surface area (Å²) in [6.45, 7) is 7.18. The summed E-state index contributed by atoms with van der Waals surface area (Å²) in [5.74, 6) is 0. The number of carbonyl (C=O) groups excluding carboxylic acids is 1. The van der Waals surface area contributed by atoms with Gasteiger partial charge in [-0.2, -0.15) is 0 Å². The van der Waals surface area contributed by atoms with Crippen LogP contribution in [0, 0.1) is 0 Å². The van der Waals surface area contributed by atoms with Crippen molar-refractivity contribution in [2.45, 2.75) is 51.7 Å². The van der Waals surface area contributed by atoms with E-state index in [1.165, 1.54) is 0 Å². The molecule has 0 saturated carbocycles. The standard InChI is InChI=1S/C17H24Br2N2O2/c1-17(2,3)23-16(22)21-9-4-5-13(8-10-21)20-15-7-6-12(18)11-14(15)19/h6-7,11,13,20H,4-5,8-10H2,1-3H3. The highest BCUT2D eigenvalue weighted by Crippen LogP contribution is 2.28.